The van der Waals surface area contributed by atoms with Crippen LogP contribution in [0, 0.1) is 5.41 Å². The fraction of sp³-hybridized carbons (Fsp3) is 0.500. The number of unbranched alkanes of at least 4 members (excludes halogenated alkanes) is 2. The molecule has 3 atom stereocenters. The predicted molar refractivity (Wildman–Crippen MR) is 163 cm³/mol. The minimum Gasteiger partial charge on any atom is -0.481 e. The van der Waals surface area contributed by atoms with E-state index in [2.05, 4.69) is 98.7 Å². The van der Waals surface area contributed by atoms with Gasteiger partial charge in [0.05, 0.1) is 16.9 Å². The molecule has 5 aliphatic rings. The van der Waals surface area contributed by atoms with E-state index in [9.17, 15) is 4.79 Å². The lowest BCUT2D eigenvalue weighted by Crippen LogP contribution is -2.54. The van der Waals surface area contributed by atoms with Crippen LogP contribution in [0.15, 0.2) is 71.5 Å². The van der Waals surface area contributed by atoms with Crippen LogP contribution in [0.1, 0.15) is 84.3 Å². The van der Waals surface area contributed by atoms with Crippen molar-refractivity contribution in [2.75, 3.05) is 18.0 Å². The summed E-state index contributed by atoms with van der Waals surface area (Å²) in [5, 5.41) is 9.14. The van der Waals surface area contributed by atoms with Crippen LogP contribution >= 0.6 is 0 Å². The third-order valence-corrected chi connectivity index (χ3v) is 10.6. The molecule has 214 valence electrons. The van der Waals surface area contributed by atoms with Gasteiger partial charge in [0.15, 0.2) is 12.3 Å². The largest absolute Gasteiger partial charge is 0.481 e. The minimum absolute atomic E-state index is 0.0255. The average Bonchev–Trinajstić information content (AvgIpc) is 3.32. The van der Waals surface area contributed by atoms with Gasteiger partial charge < -0.3 is 14.7 Å². The van der Waals surface area contributed by atoms with Gasteiger partial charge in [0.25, 0.3) is 0 Å². The Kier molecular flexibility index (Phi) is 5.96. The molecule has 0 aliphatic carbocycles. The van der Waals surface area contributed by atoms with Crippen molar-refractivity contribution in [2.45, 2.75) is 96.2 Å². The SMILES string of the molecule is CC1(C)C2=[N+](CC(C)(C)C3OC4CCN5C(=C4C=C23)C(C)(CCCCCC(=O)O)c2ccccc25)c2ccccc21. The number of nitrogens with zero attached hydrogens (tertiary/aromatic N) is 2. The second kappa shape index (κ2) is 9.16. The highest BCUT2D eigenvalue weighted by molar-refractivity contribution is 6.09. The molecule has 5 heterocycles. The van der Waals surface area contributed by atoms with E-state index in [1.807, 2.05) is 0 Å². The molecule has 5 heteroatoms. The van der Waals surface area contributed by atoms with E-state index in [1.165, 1.54) is 45.1 Å². The van der Waals surface area contributed by atoms with E-state index in [1.54, 1.807) is 0 Å². The normalized spacial score (nSPS) is 28.3. The van der Waals surface area contributed by atoms with Gasteiger partial charge in [-0.25, -0.2) is 0 Å². The molecule has 0 spiro atoms. The number of carboxylic acids is 1. The molecule has 0 amide bonds. The molecule has 0 fully saturated rings. The Morgan fingerprint density at radius 2 is 1.73 bits per heavy atom. The second-order valence-electron chi connectivity index (χ2n) is 14.2. The monoisotopic (exact) mass is 551 g/mol. The number of ether oxygens (including phenoxy) is 1. The summed E-state index contributed by atoms with van der Waals surface area (Å²) in [6, 6.07) is 17.8. The van der Waals surface area contributed by atoms with Crippen LogP contribution < -0.4 is 4.90 Å². The van der Waals surface area contributed by atoms with E-state index in [4.69, 9.17) is 9.84 Å². The Morgan fingerprint density at radius 3 is 2.51 bits per heavy atom. The summed E-state index contributed by atoms with van der Waals surface area (Å²) >= 11 is 0. The molecule has 0 bridgehead atoms. The lowest BCUT2D eigenvalue weighted by atomic mass is 9.68. The lowest BCUT2D eigenvalue weighted by molar-refractivity contribution is -0.466. The summed E-state index contributed by atoms with van der Waals surface area (Å²) in [6.45, 7) is 13.8. The number of hydrogen-bond donors (Lipinski definition) is 1. The number of fused-ring (bicyclic) bond motifs is 8. The summed E-state index contributed by atoms with van der Waals surface area (Å²) in [5.74, 6) is -0.701. The van der Waals surface area contributed by atoms with Gasteiger partial charge in [0.1, 0.15) is 6.10 Å². The Labute approximate surface area is 244 Å². The summed E-state index contributed by atoms with van der Waals surface area (Å²) in [5.41, 5.74) is 10.7. The molecule has 5 nitrogen and oxygen atoms in total. The Balaban J connectivity index is 1.38. The highest BCUT2D eigenvalue weighted by Gasteiger charge is 2.59. The summed E-state index contributed by atoms with van der Waals surface area (Å²) in [4.78, 5) is 13.7. The minimum atomic E-state index is -0.701. The summed E-state index contributed by atoms with van der Waals surface area (Å²) in [6.07, 6.45) is 7.62. The van der Waals surface area contributed by atoms with Crippen molar-refractivity contribution in [3.8, 4) is 0 Å². The first-order valence-corrected chi connectivity index (χ1v) is 15.5. The zero-order valence-corrected chi connectivity index (χ0v) is 25.2. The van der Waals surface area contributed by atoms with Gasteiger partial charge in [-0.1, -0.05) is 63.1 Å². The zero-order chi connectivity index (χ0) is 28.7. The Morgan fingerprint density at radius 1 is 1.00 bits per heavy atom. The molecule has 0 aromatic heterocycles. The van der Waals surface area contributed by atoms with Crippen molar-refractivity contribution in [1.29, 1.82) is 0 Å². The highest BCUT2D eigenvalue weighted by atomic mass is 16.5. The molecule has 5 aliphatic heterocycles. The number of aliphatic carboxylic acids is 1. The van der Waals surface area contributed by atoms with E-state index in [0.29, 0.717) is 0 Å². The number of allylic oxidation sites excluding steroid dienone is 1. The van der Waals surface area contributed by atoms with Gasteiger partial charge in [-0.15, -0.1) is 0 Å². The van der Waals surface area contributed by atoms with Crippen LogP contribution in [-0.2, 0) is 20.4 Å². The van der Waals surface area contributed by atoms with Gasteiger partial charge in [-0.05, 0) is 57.7 Å². The Bertz CT molecular complexity index is 1540. The molecular weight excluding hydrogens is 508 g/mol. The van der Waals surface area contributed by atoms with E-state index < -0.39 is 5.97 Å². The van der Waals surface area contributed by atoms with Gasteiger partial charge in [0, 0.05) is 52.5 Å². The number of para-hydroxylation sites is 2. The maximum absolute atomic E-state index is 11.1. The number of carbonyl (C=O) groups is 1. The van der Waals surface area contributed by atoms with Crippen LogP contribution in [0.2, 0.25) is 0 Å². The van der Waals surface area contributed by atoms with Gasteiger partial charge >= 0.3 is 5.97 Å². The van der Waals surface area contributed by atoms with E-state index in [0.717, 1.165) is 45.2 Å². The number of carboxylic acid groups (broad SMARTS) is 1. The molecule has 0 radical (unpaired) electrons. The van der Waals surface area contributed by atoms with Gasteiger partial charge in [0.2, 0.25) is 5.69 Å². The van der Waals surface area contributed by atoms with Crippen LogP contribution in [-0.4, -0.2) is 46.7 Å². The maximum Gasteiger partial charge on any atom is 0.303 e. The molecule has 41 heavy (non-hydrogen) atoms. The van der Waals surface area contributed by atoms with Crippen molar-refractivity contribution in [3.05, 3.63) is 82.6 Å². The number of rotatable bonds is 6. The van der Waals surface area contributed by atoms with Crippen LogP contribution in [0.3, 0.4) is 0 Å². The molecular formula is C36H43N2O3+. The van der Waals surface area contributed by atoms with Crippen molar-refractivity contribution >= 4 is 23.1 Å². The summed E-state index contributed by atoms with van der Waals surface area (Å²) in [7, 11) is 0. The number of anilines is 1. The quantitative estimate of drug-likeness (QED) is 0.303. The van der Waals surface area contributed by atoms with Crippen LogP contribution in [0.4, 0.5) is 11.4 Å². The molecule has 1 N–H and O–H groups in total. The molecule has 2 aromatic carbocycles. The first-order chi connectivity index (χ1) is 19.5. The Hall–Kier alpha value is -3.18. The average molecular weight is 552 g/mol. The topological polar surface area (TPSA) is 52.8 Å². The number of benzene rings is 2. The van der Waals surface area contributed by atoms with Crippen molar-refractivity contribution < 1.29 is 19.2 Å². The zero-order valence-electron chi connectivity index (χ0n) is 25.2. The highest BCUT2D eigenvalue weighted by Crippen LogP contribution is 2.57. The lowest BCUT2D eigenvalue weighted by Gasteiger charge is -2.47. The smallest absolute Gasteiger partial charge is 0.303 e. The van der Waals surface area contributed by atoms with E-state index in [-0.39, 0.29) is 34.9 Å². The standard InChI is InChI=1S/C36H42N2O3/c1-34(2)22-38-27-15-10-8-13-25(27)35(3,4)31(38)24-21-23-29(41-33(24)34)18-20-37-28-16-11-9-14-26(28)36(5,32(23)37)19-12-6-7-17-30(39)40/h8-11,13-16,21,29,33H,6-7,12,17-20,22H2,1-5H3/p+1. The molecule has 0 saturated heterocycles. The summed E-state index contributed by atoms with van der Waals surface area (Å²) < 4.78 is 9.80. The predicted octanol–water partition coefficient (Wildman–Crippen LogP) is 7.27. The third kappa shape index (κ3) is 3.84. The molecule has 0 saturated carbocycles. The van der Waals surface area contributed by atoms with Crippen LogP contribution in [0.5, 0.6) is 0 Å². The molecule has 2 aromatic rings. The third-order valence-electron chi connectivity index (χ3n) is 10.6. The second-order valence-corrected chi connectivity index (χ2v) is 14.2. The molecule has 7 rings (SSSR count). The van der Waals surface area contributed by atoms with Crippen molar-refractivity contribution in [2.24, 2.45) is 5.41 Å². The first kappa shape index (κ1) is 26.7. The van der Waals surface area contributed by atoms with E-state index >= 15 is 0 Å². The molecule has 3 unspecified atom stereocenters. The van der Waals surface area contributed by atoms with Crippen molar-refractivity contribution in [1.82, 2.24) is 0 Å². The van der Waals surface area contributed by atoms with Crippen molar-refractivity contribution in [3.63, 3.8) is 0 Å². The fourth-order valence-electron chi connectivity index (χ4n) is 8.74. The fourth-order valence-corrected chi connectivity index (χ4v) is 8.74. The van der Waals surface area contributed by atoms with Gasteiger partial charge in [-0.2, -0.15) is 4.58 Å². The van der Waals surface area contributed by atoms with Gasteiger partial charge in [-0.3, -0.25) is 4.79 Å². The maximum atomic E-state index is 11.1. The number of hydrogen-bond acceptors (Lipinski definition) is 3. The van der Waals surface area contributed by atoms with Crippen LogP contribution in [0.25, 0.3) is 0 Å². The first-order valence-electron chi connectivity index (χ1n) is 15.5.